The van der Waals surface area contributed by atoms with E-state index < -0.39 is 5.97 Å². The molecule has 0 saturated carbocycles. The SMILES string of the molecule is O=C([O-])CCSc1nc2ccccc2n1-c1ccccc1. The molecule has 1 aromatic heterocycles. The molecule has 0 aliphatic heterocycles. The van der Waals surface area contributed by atoms with Gasteiger partial charge < -0.3 is 9.90 Å². The van der Waals surface area contributed by atoms with E-state index in [0.29, 0.717) is 5.75 Å². The topological polar surface area (TPSA) is 57.9 Å². The lowest BCUT2D eigenvalue weighted by molar-refractivity contribution is -0.305. The molecule has 0 N–H and O–H groups in total. The second-order valence-electron chi connectivity index (χ2n) is 4.52. The zero-order chi connectivity index (χ0) is 14.7. The number of para-hydroxylation sites is 3. The van der Waals surface area contributed by atoms with E-state index in [2.05, 4.69) is 9.55 Å². The van der Waals surface area contributed by atoms with Gasteiger partial charge in [0.05, 0.1) is 11.0 Å². The highest BCUT2D eigenvalue weighted by molar-refractivity contribution is 7.99. The van der Waals surface area contributed by atoms with Crippen LogP contribution in [0, 0.1) is 0 Å². The Hall–Kier alpha value is -2.27. The van der Waals surface area contributed by atoms with Crippen LogP contribution in [0.1, 0.15) is 6.42 Å². The summed E-state index contributed by atoms with van der Waals surface area (Å²) in [5, 5.41) is 11.4. The number of carboxylic acid groups (broad SMARTS) is 1. The second-order valence-corrected chi connectivity index (χ2v) is 5.59. The van der Waals surface area contributed by atoms with Crippen LogP contribution in [0.15, 0.2) is 59.8 Å². The van der Waals surface area contributed by atoms with E-state index in [0.717, 1.165) is 21.9 Å². The summed E-state index contributed by atoms with van der Waals surface area (Å²) in [7, 11) is 0. The van der Waals surface area contributed by atoms with Gasteiger partial charge in [-0.15, -0.1) is 0 Å². The molecule has 0 atom stereocenters. The van der Waals surface area contributed by atoms with Gasteiger partial charge in [-0.2, -0.15) is 0 Å². The first-order chi connectivity index (χ1) is 10.3. The fourth-order valence-corrected chi connectivity index (χ4v) is 3.10. The molecule has 0 spiro atoms. The number of benzene rings is 2. The number of aliphatic carboxylic acids is 1. The third-order valence-corrected chi connectivity index (χ3v) is 4.02. The fourth-order valence-electron chi connectivity index (χ4n) is 2.15. The number of nitrogens with zero attached hydrogens (tertiary/aromatic N) is 2. The highest BCUT2D eigenvalue weighted by atomic mass is 32.2. The highest BCUT2D eigenvalue weighted by Gasteiger charge is 2.12. The molecule has 0 aliphatic rings. The van der Waals surface area contributed by atoms with Crippen LogP contribution in [0.5, 0.6) is 0 Å². The number of carbonyl (C=O) groups is 1. The molecule has 0 fully saturated rings. The van der Waals surface area contributed by atoms with Gasteiger partial charge in [0.25, 0.3) is 0 Å². The molecule has 106 valence electrons. The second kappa shape index (κ2) is 6.01. The van der Waals surface area contributed by atoms with Crippen LogP contribution in [0.3, 0.4) is 0 Å². The van der Waals surface area contributed by atoms with E-state index in [1.54, 1.807) is 0 Å². The monoisotopic (exact) mass is 297 g/mol. The Morgan fingerprint density at radius 1 is 1.10 bits per heavy atom. The molecule has 3 rings (SSSR count). The maximum atomic E-state index is 10.6. The van der Waals surface area contributed by atoms with Crippen molar-refractivity contribution >= 4 is 28.8 Å². The van der Waals surface area contributed by atoms with Crippen molar-refractivity contribution in [3.63, 3.8) is 0 Å². The highest BCUT2D eigenvalue weighted by Crippen LogP contribution is 2.28. The summed E-state index contributed by atoms with van der Waals surface area (Å²) in [4.78, 5) is 15.2. The molecule has 0 amide bonds. The van der Waals surface area contributed by atoms with Crippen LogP contribution in [0.25, 0.3) is 16.7 Å². The smallest absolute Gasteiger partial charge is 0.173 e. The minimum Gasteiger partial charge on any atom is -0.550 e. The molecule has 2 aromatic carbocycles. The van der Waals surface area contributed by atoms with Crippen molar-refractivity contribution in [1.29, 1.82) is 0 Å². The van der Waals surface area contributed by atoms with Crippen molar-refractivity contribution < 1.29 is 9.90 Å². The Morgan fingerprint density at radius 3 is 2.57 bits per heavy atom. The molecule has 0 saturated heterocycles. The van der Waals surface area contributed by atoms with Crippen LogP contribution in [-0.2, 0) is 4.79 Å². The lowest BCUT2D eigenvalue weighted by Gasteiger charge is -2.08. The van der Waals surface area contributed by atoms with Crippen molar-refractivity contribution in [2.75, 3.05) is 5.75 Å². The average Bonchev–Trinajstić information content (AvgIpc) is 2.86. The third kappa shape index (κ3) is 2.92. The van der Waals surface area contributed by atoms with Crippen LogP contribution in [0.2, 0.25) is 0 Å². The minimum atomic E-state index is -1.04. The largest absolute Gasteiger partial charge is 0.550 e. The number of rotatable bonds is 5. The molecule has 21 heavy (non-hydrogen) atoms. The summed E-state index contributed by atoms with van der Waals surface area (Å²) in [5.41, 5.74) is 2.93. The Kier molecular flexibility index (Phi) is 3.92. The predicted octanol–water partition coefficient (Wildman–Crippen LogP) is 2.26. The van der Waals surface area contributed by atoms with Gasteiger partial charge in [-0.05, 0) is 30.7 Å². The number of carboxylic acids is 1. The van der Waals surface area contributed by atoms with Gasteiger partial charge in [0, 0.05) is 17.4 Å². The van der Waals surface area contributed by atoms with Crippen molar-refractivity contribution in [1.82, 2.24) is 9.55 Å². The average molecular weight is 297 g/mol. The Balaban J connectivity index is 2.04. The predicted molar refractivity (Wildman–Crippen MR) is 81.4 cm³/mol. The van der Waals surface area contributed by atoms with Gasteiger partial charge in [0.15, 0.2) is 5.16 Å². The first-order valence-electron chi connectivity index (χ1n) is 6.61. The number of carbonyl (C=O) groups excluding carboxylic acids is 1. The zero-order valence-corrected chi connectivity index (χ0v) is 12.0. The van der Waals surface area contributed by atoms with Crippen LogP contribution in [0.4, 0.5) is 0 Å². The lowest BCUT2D eigenvalue weighted by atomic mass is 10.3. The van der Waals surface area contributed by atoms with E-state index in [1.165, 1.54) is 11.8 Å². The van der Waals surface area contributed by atoms with Gasteiger partial charge in [0.1, 0.15) is 0 Å². The van der Waals surface area contributed by atoms with Crippen molar-refractivity contribution in [2.45, 2.75) is 11.6 Å². The standard InChI is InChI=1S/C16H14N2O2S/c19-15(20)10-11-21-16-17-13-8-4-5-9-14(13)18(16)12-6-2-1-3-7-12/h1-9H,10-11H2,(H,19,20)/p-1. The summed E-state index contributed by atoms with van der Waals surface area (Å²) in [5.74, 6) is -0.594. The number of hydrogen-bond acceptors (Lipinski definition) is 4. The van der Waals surface area contributed by atoms with Crippen LogP contribution < -0.4 is 5.11 Å². The summed E-state index contributed by atoms with van der Waals surface area (Å²) in [6.45, 7) is 0. The molecule has 3 aromatic rings. The van der Waals surface area contributed by atoms with E-state index in [-0.39, 0.29) is 6.42 Å². The maximum Gasteiger partial charge on any atom is 0.173 e. The van der Waals surface area contributed by atoms with Crippen molar-refractivity contribution in [3.8, 4) is 5.69 Å². The summed E-state index contributed by atoms with van der Waals surface area (Å²) in [6.07, 6.45) is 0.0165. The Bertz CT molecular complexity index is 768. The number of hydrogen-bond donors (Lipinski definition) is 0. The number of fused-ring (bicyclic) bond motifs is 1. The lowest BCUT2D eigenvalue weighted by Crippen LogP contribution is -2.22. The molecule has 0 unspecified atom stereocenters. The first kappa shape index (κ1) is 13.7. The summed E-state index contributed by atoms with van der Waals surface area (Å²) >= 11 is 1.43. The van der Waals surface area contributed by atoms with Crippen molar-refractivity contribution in [3.05, 3.63) is 54.6 Å². The molecule has 0 aliphatic carbocycles. The van der Waals surface area contributed by atoms with Gasteiger partial charge >= 0.3 is 0 Å². The van der Waals surface area contributed by atoms with Gasteiger partial charge in [-0.1, -0.05) is 42.1 Å². The molecular weight excluding hydrogens is 284 g/mol. The maximum absolute atomic E-state index is 10.6. The van der Waals surface area contributed by atoms with Crippen molar-refractivity contribution in [2.24, 2.45) is 0 Å². The van der Waals surface area contributed by atoms with E-state index in [1.807, 2.05) is 54.6 Å². The third-order valence-electron chi connectivity index (χ3n) is 3.08. The summed E-state index contributed by atoms with van der Waals surface area (Å²) in [6, 6.07) is 17.8. The van der Waals surface area contributed by atoms with E-state index in [9.17, 15) is 9.90 Å². The number of aromatic nitrogens is 2. The molecule has 0 radical (unpaired) electrons. The minimum absolute atomic E-state index is 0.0165. The van der Waals surface area contributed by atoms with Gasteiger partial charge in [-0.3, -0.25) is 4.57 Å². The Morgan fingerprint density at radius 2 is 1.81 bits per heavy atom. The van der Waals surface area contributed by atoms with Crippen LogP contribution in [-0.4, -0.2) is 21.3 Å². The fraction of sp³-hybridized carbons (Fsp3) is 0.125. The van der Waals surface area contributed by atoms with E-state index >= 15 is 0 Å². The molecule has 4 nitrogen and oxygen atoms in total. The van der Waals surface area contributed by atoms with Gasteiger partial charge in [0.2, 0.25) is 0 Å². The van der Waals surface area contributed by atoms with E-state index in [4.69, 9.17) is 0 Å². The molecular formula is C16H13N2O2S-. The zero-order valence-electron chi connectivity index (χ0n) is 11.2. The first-order valence-corrected chi connectivity index (χ1v) is 7.60. The summed E-state index contributed by atoms with van der Waals surface area (Å²) < 4.78 is 2.05. The number of imidazole rings is 1. The molecule has 5 heteroatoms. The van der Waals surface area contributed by atoms with Gasteiger partial charge in [-0.25, -0.2) is 4.98 Å². The number of thioether (sulfide) groups is 1. The molecule has 1 heterocycles. The Labute approximate surface area is 126 Å². The van der Waals surface area contributed by atoms with Crippen LogP contribution >= 0.6 is 11.8 Å². The normalized spacial score (nSPS) is 10.9. The molecule has 0 bridgehead atoms. The quantitative estimate of drug-likeness (QED) is 0.678.